The van der Waals surface area contributed by atoms with Crippen molar-refractivity contribution in [2.75, 3.05) is 26.8 Å². The van der Waals surface area contributed by atoms with Crippen molar-refractivity contribution in [3.8, 4) is 5.75 Å². The molecule has 2 aromatic carbocycles. The average Bonchev–Trinajstić information content (AvgIpc) is 3.30. The summed E-state index contributed by atoms with van der Waals surface area (Å²) in [5.74, 6) is 0.445. The summed E-state index contributed by atoms with van der Waals surface area (Å²) in [6.07, 6.45) is 2.09. The van der Waals surface area contributed by atoms with E-state index in [1.165, 1.54) is 11.4 Å². The summed E-state index contributed by atoms with van der Waals surface area (Å²) in [7, 11) is -2.10. The molecule has 2 aromatic rings. The van der Waals surface area contributed by atoms with E-state index in [0.717, 1.165) is 25.0 Å². The highest BCUT2D eigenvalue weighted by atomic mass is 32.2. The Morgan fingerprint density at radius 3 is 2.43 bits per heavy atom. The second-order valence-electron chi connectivity index (χ2n) is 7.15. The summed E-state index contributed by atoms with van der Waals surface area (Å²) in [4.78, 5) is 12.5. The predicted molar refractivity (Wildman–Crippen MR) is 114 cm³/mol. The maximum absolute atomic E-state index is 13.0. The average molecular weight is 433 g/mol. The van der Waals surface area contributed by atoms with E-state index in [9.17, 15) is 13.2 Å². The van der Waals surface area contributed by atoms with Gasteiger partial charge in [0.15, 0.2) is 0 Å². The number of amides is 1. The van der Waals surface area contributed by atoms with Crippen LogP contribution in [0.15, 0.2) is 53.4 Å². The molecular formula is C22H28N2O5S. The molecule has 1 unspecified atom stereocenters. The molecule has 1 heterocycles. The fourth-order valence-electron chi connectivity index (χ4n) is 3.34. The third-order valence-corrected chi connectivity index (χ3v) is 7.07. The fourth-order valence-corrected chi connectivity index (χ4v) is 4.78. The minimum Gasteiger partial charge on any atom is -0.497 e. The van der Waals surface area contributed by atoms with Crippen molar-refractivity contribution in [2.45, 2.75) is 37.3 Å². The molecule has 30 heavy (non-hydrogen) atoms. The number of carbonyl (C=O) groups is 1. The lowest BCUT2D eigenvalue weighted by Crippen LogP contribution is -2.32. The molecule has 0 spiro atoms. The number of nitrogens with one attached hydrogen (secondary N) is 1. The van der Waals surface area contributed by atoms with Crippen LogP contribution in [0.1, 0.15) is 35.7 Å². The van der Waals surface area contributed by atoms with Gasteiger partial charge in [-0.3, -0.25) is 4.79 Å². The Labute approximate surface area is 178 Å². The first-order chi connectivity index (χ1) is 14.4. The van der Waals surface area contributed by atoms with Gasteiger partial charge in [0.2, 0.25) is 10.0 Å². The van der Waals surface area contributed by atoms with Gasteiger partial charge in [-0.05, 0) is 54.8 Å². The van der Waals surface area contributed by atoms with Gasteiger partial charge >= 0.3 is 0 Å². The van der Waals surface area contributed by atoms with Crippen LogP contribution in [0.25, 0.3) is 0 Å². The van der Waals surface area contributed by atoms with Crippen molar-refractivity contribution < 1.29 is 22.7 Å². The molecule has 0 bridgehead atoms. The monoisotopic (exact) mass is 432 g/mol. The van der Waals surface area contributed by atoms with Crippen molar-refractivity contribution in [3.63, 3.8) is 0 Å². The topological polar surface area (TPSA) is 84.9 Å². The lowest BCUT2D eigenvalue weighted by atomic mass is 10.1. The van der Waals surface area contributed by atoms with Gasteiger partial charge in [0.1, 0.15) is 5.75 Å². The highest BCUT2D eigenvalue weighted by Gasteiger charge is 2.23. The number of nitrogens with zero attached hydrogens (tertiary/aromatic N) is 1. The zero-order valence-corrected chi connectivity index (χ0v) is 18.2. The maximum Gasteiger partial charge on any atom is 0.251 e. The number of carbonyl (C=O) groups excluding carboxylic acids is 1. The Bertz CT molecular complexity index is 936. The third kappa shape index (κ3) is 5.38. The molecule has 1 fully saturated rings. The Kier molecular flexibility index (Phi) is 7.47. The Balaban J connectivity index is 1.64. The van der Waals surface area contributed by atoms with Crippen molar-refractivity contribution in [3.05, 3.63) is 59.7 Å². The van der Waals surface area contributed by atoms with Gasteiger partial charge in [-0.2, -0.15) is 4.31 Å². The minimum absolute atomic E-state index is 0.0921. The molecule has 3 rings (SSSR count). The SMILES string of the molecule is CCN(Cc1ccc(C(=O)NCC2CCCO2)cc1)S(=O)(=O)c1ccc(OC)cc1. The first-order valence-corrected chi connectivity index (χ1v) is 11.5. The van der Waals surface area contributed by atoms with E-state index in [4.69, 9.17) is 9.47 Å². The summed E-state index contributed by atoms with van der Waals surface area (Å²) in [5, 5.41) is 2.89. The molecule has 1 amide bonds. The van der Waals surface area contributed by atoms with E-state index in [1.54, 1.807) is 55.5 Å². The van der Waals surface area contributed by atoms with Crippen molar-refractivity contribution in [2.24, 2.45) is 0 Å². The molecule has 7 nitrogen and oxygen atoms in total. The van der Waals surface area contributed by atoms with Crippen LogP contribution in [0.3, 0.4) is 0 Å². The van der Waals surface area contributed by atoms with Crippen LogP contribution in [0.5, 0.6) is 5.75 Å². The molecule has 1 saturated heterocycles. The van der Waals surface area contributed by atoms with Gasteiger partial charge in [-0.15, -0.1) is 0 Å². The molecule has 1 aliphatic heterocycles. The molecule has 0 aromatic heterocycles. The lowest BCUT2D eigenvalue weighted by molar-refractivity contribution is 0.0857. The van der Waals surface area contributed by atoms with Gasteiger partial charge in [0.25, 0.3) is 5.91 Å². The standard InChI is InChI=1S/C22H28N2O5S/c1-3-24(30(26,27)21-12-10-19(28-2)11-13-21)16-17-6-8-18(9-7-17)22(25)23-15-20-5-4-14-29-20/h6-13,20H,3-5,14-16H2,1-2H3,(H,23,25). The third-order valence-electron chi connectivity index (χ3n) is 5.14. The van der Waals surface area contributed by atoms with E-state index in [2.05, 4.69) is 5.32 Å². The minimum atomic E-state index is -3.63. The molecule has 8 heteroatoms. The summed E-state index contributed by atoms with van der Waals surface area (Å²) in [6, 6.07) is 13.3. The predicted octanol–water partition coefficient (Wildman–Crippen LogP) is 2.81. The zero-order valence-electron chi connectivity index (χ0n) is 17.3. The number of hydrogen-bond donors (Lipinski definition) is 1. The van der Waals surface area contributed by atoms with E-state index in [-0.39, 0.29) is 23.5 Å². The van der Waals surface area contributed by atoms with Crippen LogP contribution in [0.2, 0.25) is 0 Å². The number of sulfonamides is 1. The second kappa shape index (κ2) is 10.1. The van der Waals surface area contributed by atoms with Crippen LogP contribution in [0, 0.1) is 0 Å². The molecule has 0 saturated carbocycles. The van der Waals surface area contributed by atoms with Crippen LogP contribution in [-0.4, -0.2) is 51.5 Å². The van der Waals surface area contributed by atoms with E-state index >= 15 is 0 Å². The molecule has 1 aliphatic rings. The van der Waals surface area contributed by atoms with E-state index < -0.39 is 10.0 Å². The quantitative estimate of drug-likeness (QED) is 0.659. The summed E-state index contributed by atoms with van der Waals surface area (Å²) in [5.41, 5.74) is 1.35. The Morgan fingerprint density at radius 2 is 1.87 bits per heavy atom. The Hall–Kier alpha value is -2.42. The van der Waals surface area contributed by atoms with Crippen LogP contribution < -0.4 is 10.1 Å². The van der Waals surface area contributed by atoms with Crippen molar-refractivity contribution >= 4 is 15.9 Å². The Morgan fingerprint density at radius 1 is 1.17 bits per heavy atom. The summed E-state index contributed by atoms with van der Waals surface area (Å²) >= 11 is 0. The molecule has 162 valence electrons. The van der Waals surface area contributed by atoms with Crippen LogP contribution >= 0.6 is 0 Å². The first kappa shape index (κ1) is 22.3. The van der Waals surface area contributed by atoms with Gasteiger partial charge in [0, 0.05) is 31.8 Å². The first-order valence-electron chi connectivity index (χ1n) is 10.1. The van der Waals surface area contributed by atoms with E-state index in [0.29, 0.717) is 24.4 Å². The van der Waals surface area contributed by atoms with Gasteiger partial charge < -0.3 is 14.8 Å². The molecule has 1 N–H and O–H groups in total. The largest absolute Gasteiger partial charge is 0.497 e. The zero-order chi connectivity index (χ0) is 21.6. The number of rotatable bonds is 9. The highest BCUT2D eigenvalue weighted by molar-refractivity contribution is 7.89. The summed E-state index contributed by atoms with van der Waals surface area (Å²) < 4.78 is 37.9. The molecule has 0 aliphatic carbocycles. The van der Waals surface area contributed by atoms with Gasteiger partial charge in [0.05, 0.1) is 18.1 Å². The smallest absolute Gasteiger partial charge is 0.251 e. The molecular weight excluding hydrogens is 404 g/mol. The summed E-state index contributed by atoms with van der Waals surface area (Å²) in [6.45, 7) is 3.61. The number of benzene rings is 2. The number of ether oxygens (including phenoxy) is 2. The number of hydrogen-bond acceptors (Lipinski definition) is 5. The normalized spacial score (nSPS) is 16.6. The van der Waals surface area contributed by atoms with E-state index in [1.807, 2.05) is 0 Å². The second-order valence-corrected chi connectivity index (χ2v) is 9.09. The molecule has 0 radical (unpaired) electrons. The molecule has 1 atom stereocenters. The maximum atomic E-state index is 13.0. The van der Waals surface area contributed by atoms with Gasteiger partial charge in [-0.1, -0.05) is 19.1 Å². The van der Waals surface area contributed by atoms with Gasteiger partial charge in [-0.25, -0.2) is 8.42 Å². The fraction of sp³-hybridized carbons (Fsp3) is 0.409. The lowest BCUT2D eigenvalue weighted by Gasteiger charge is -2.21. The van der Waals surface area contributed by atoms with Crippen LogP contribution in [-0.2, 0) is 21.3 Å². The van der Waals surface area contributed by atoms with Crippen LogP contribution in [0.4, 0.5) is 0 Å². The van der Waals surface area contributed by atoms with Crippen molar-refractivity contribution in [1.82, 2.24) is 9.62 Å². The number of methoxy groups -OCH3 is 1. The van der Waals surface area contributed by atoms with Crippen molar-refractivity contribution in [1.29, 1.82) is 0 Å². The highest BCUT2D eigenvalue weighted by Crippen LogP contribution is 2.21.